The van der Waals surface area contributed by atoms with Crippen LogP contribution in [-0.4, -0.2) is 24.6 Å². The zero-order valence-corrected chi connectivity index (χ0v) is 27.4. The van der Waals surface area contributed by atoms with Crippen LogP contribution >= 0.6 is 7.26 Å². The maximum absolute atomic E-state index is 2.36. The first-order valence-corrected chi connectivity index (χ1v) is 20.6. The van der Waals surface area contributed by atoms with Crippen molar-refractivity contribution in [3.63, 3.8) is 0 Å². The quantitative estimate of drug-likeness (QED) is 0.0622. The predicted molar refractivity (Wildman–Crippen MR) is 175 cm³/mol. The molecule has 0 N–H and O–H groups in total. The van der Waals surface area contributed by atoms with Crippen molar-refractivity contribution in [3.05, 3.63) is 0 Å². The molecule has 0 aliphatic rings. The van der Waals surface area contributed by atoms with E-state index < -0.39 is 7.26 Å². The van der Waals surface area contributed by atoms with Gasteiger partial charge in [0.25, 0.3) is 0 Å². The van der Waals surface area contributed by atoms with Gasteiger partial charge in [-0.15, -0.1) is 0 Å². The summed E-state index contributed by atoms with van der Waals surface area (Å²) in [5, 5.41) is 0. The first-order chi connectivity index (χ1) is 17.7. The molecule has 1 heteroatoms. The predicted octanol–water partition coefficient (Wildman–Crippen LogP) is 13.3. The van der Waals surface area contributed by atoms with Gasteiger partial charge in [-0.25, -0.2) is 0 Å². The standard InChI is InChI=1S/C35H75P/c1-5-9-13-17-18-19-20-21-22-23-27-31-35-36(32-28-24-14-10-6-2,33-29-25-15-11-7-3)34-30-26-16-12-8-4/h36H,5-35H2,1-4H3. The summed E-state index contributed by atoms with van der Waals surface area (Å²) in [5.41, 5.74) is 0. The zero-order chi connectivity index (χ0) is 26.4. The molecule has 0 aliphatic carbocycles. The van der Waals surface area contributed by atoms with E-state index >= 15 is 0 Å². The van der Waals surface area contributed by atoms with E-state index in [-0.39, 0.29) is 0 Å². The maximum atomic E-state index is 2.36. The van der Waals surface area contributed by atoms with E-state index in [4.69, 9.17) is 0 Å². The Morgan fingerprint density at radius 3 is 0.583 bits per heavy atom. The molecular formula is C35H75P. The molecule has 0 unspecified atom stereocenters. The van der Waals surface area contributed by atoms with Gasteiger partial charge in [0.2, 0.25) is 0 Å². The second kappa shape index (κ2) is 30.0. The van der Waals surface area contributed by atoms with Crippen LogP contribution in [-0.2, 0) is 0 Å². The van der Waals surface area contributed by atoms with Gasteiger partial charge in [-0.2, -0.15) is 0 Å². The van der Waals surface area contributed by atoms with Crippen LogP contribution in [0.4, 0.5) is 0 Å². The van der Waals surface area contributed by atoms with Gasteiger partial charge in [0.05, 0.1) is 0 Å². The Morgan fingerprint density at radius 2 is 0.389 bits per heavy atom. The number of hydrogen-bond donors (Lipinski definition) is 0. The molecule has 0 aromatic carbocycles. The average Bonchev–Trinajstić information content (AvgIpc) is 2.89. The van der Waals surface area contributed by atoms with Crippen molar-refractivity contribution in [1.82, 2.24) is 0 Å². The Morgan fingerprint density at radius 1 is 0.222 bits per heavy atom. The Labute approximate surface area is 232 Å². The number of hydrogen-bond acceptors (Lipinski definition) is 0. The average molecular weight is 527 g/mol. The van der Waals surface area contributed by atoms with Crippen molar-refractivity contribution in [2.75, 3.05) is 24.6 Å². The van der Waals surface area contributed by atoms with E-state index in [0.29, 0.717) is 0 Å². The molecule has 0 aromatic rings. The van der Waals surface area contributed by atoms with E-state index in [1.54, 1.807) is 50.3 Å². The Kier molecular flexibility index (Phi) is 30.3. The summed E-state index contributed by atoms with van der Waals surface area (Å²) in [4.78, 5) is 0. The Hall–Kier alpha value is 0.430. The van der Waals surface area contributed by atoms with Gasteiger partial charge < -0.3 is 0 Å². The van der Waals surface area contributed by atoms with E-state index in [2.05, 4.69) is 27.7 Å². The molecule has 0 amide bonds. The fourth-order valence-electron chi connectivity index (χ4n) is 6.40. The summed E-state index contributed by atoms with van der Waals surface area (Å²) in [6, 6.07) is 0. The first kappa shape index (κ1) is 36.4. The zero-order valence-electron chi connectivity index (χ0n) is 26.4. The first-order valence-electron chi connectivity index (χ1n) is 17.7. The molecule has 220 valence electrons. The van der Waals surface area contributed by atoms with Gasteiger partial charge in [-0.3, -0.25) is 0 Å². The number of rotatable bonds is 31. The van der Waals surface area contributed by atoms with Gasteiger partial charge in [0.15, 0.2) is 0 Å². The molecule has 0 bridgehead atoms. The van der Waals surface area contributed by atoms with Crippen molar-refractivity contribution in [1.29, 1.82) is 0 Å². The summed E-state index contributed by atoms with van der Waals surface area (Å²) >= 11 is 0. The van der Waals surface area contributed by atoms with Crippen LogP contribution < -0.4 is 0 Å². The molecule has 0 aliphatic heterocycles. The van der Waals surface area contributed by atoms with Gasteiger partial charge in [-0.05, 0) is 0 Å². The molecule has 36 heavy (non-hydrogen) atoms. The van der Waals surface area contributed by atoms with Crippen LogP contribution in [0.25, 0.3) is 0 Å². The fourth-order valence-corrected chi connectivity index (χ4v) is 11.9. The van der Waals surface area contributed by atoms with E-state index in [0.717, 1.165) is 0 Å². The van der Waals surface area contributed by atoms with Gasteiger partial charge in [0, 0.05) is 0 Å². The molecule has 0 nitrogen and oxygen atoms in total. The third-order valence-electron chi connectivity index (χ3n) is 8.99. The summed E-state index contributed by atoms with van der Waals surface area (Å²) in [6.45, 7) is 9.40. The monoisotopic (exact) mass is 527 g/mol. The molecule has 0 atom stereocenters. The van der Waals surface area contributed by atoms with Crippen LogP contribution in [0.2, 0.25) is 0 Å². The number of unbranched alkanes of at least 4 members (excludes halogenated alkanes) is 23. The van der Waals surface area contributed by atoms with Gasteiger partial charge in [-0.1, -0.05) is 13.3 Å². The summed E-state index contributed by atoms with van der Waals surface area (Å²) < 4.78 is 0. The molecule has 0 spiro atoms. The van der Waals surface area contributed by atoms with Crippen LogP contribution in [0.3, 0.4) is 0 Å². The Bertz CT molecular complexity index is 354. The molecule has 0 saturated heterocycles. The van der Waals surface area contributed by atoms with Crippen LogP contribution in [0.15, 0.2) is 0 Å². The third kappa shape index (κ3) is 24.7. The van der Waals surface area contributed by atoms with Crippen molar-refractivity contribution in [3.8, 4) is 0 Å². The minimum atomic E-state index is -1.07. The van der Waals surface area contributed by atoms with Crippen molar-refractivity contribution in [2.45, 2.75) is 201 Å². The molecule has 0 heterocycles. The Balaban J connectivity index is 4.50. The van der Waals surface area contributed by atoms with E-state index in [1.807, 2.05) is 0 Å². The SMILES string of the molecule is CCCCCCCCCCCCCC[PH](CCCCCCC)(CCCCCCC)CCCCCCC. The molecule has 0 aromatic heterocycles. The van der Waals surface area contributed by atoms with Crippen molar-refractivity contribution in [2.24, 2.45) is 0 Å². The topological polar surface area (TPSA) is 0 Å². The second-order valence-electron chi connectivity index (χ2n) is 12.6. The summed E-state index contributed by atoms with van der Waals surface area (Å²) in [5.74, 6) is 0. The van der Waals surface area contributed by atoms with Gasteiger partial charge in [0.1, 0.15) is 0 Å². The van der Waals surface area contributed by atoms with Crippen LogP contribution in [0, 0.1) is 0 Å². The van der Waals surface area contributed by atoms with Crippen molar-refractivity contribution >= 4 is 7.26 Å². The van der Waals surface area contributed by atoms with Gasteiger partial charge >= 0.3 is 220 Å². The van der Waals surface area contributed by atoms with Crippen LogP contribution in [0.5, 0.6) is 0 Å². The molecule has 0 fully saturated rings. The van der Waals surface area contributed by atoms with E-state index in [9.17, 15) is 0 Å². The van der Waals surface area contributed by atoms with Crippen LogP contribution in [0.1, 0.15) is 201 Å². The van der Waals surface area contributed by atoms with E-state index in [1.165, 1.54) is 148 Å². The normalized spacial score (nSPS) is 12.4. The molecule has 0 saturated carbocycles. The fraction of sp³-hybridized carbons (Fsp3) is 1.00. The molecule has 0 radical (unpaired) electrons. The summed E-state index contributed by atoms with van der Waals surface area (Å²) in [7, 11) is -1.07. The molecular weight excluding hydrogens is 451 g/mol. The minimum absolute atomic E-state index is 1.07. The van der Waals surface area contributed by atoms with Crippen molar-refractivity contribution < 1.29 is 0 Å². The third-order valence-corrected chi connectivity index (χ3v) is 14.6. The summed E-state index contributed by atoms with van der Waals surface area (Å²) in [6.07, 6.45) is 46.9. The molecule has 0 rings (SSSR count). The second-order valence-corrected chi connectivity index (χ2v) is 17.6.